The third kappa shape index (κ3) is 3.52. The summed E-state index contributed by atoms with van der Waals surface area (Å²) >= 11 is 6.71. The second-order valence-electron chi connectivity index (χ2n) is 5.21. The number of hydrazone groups is 1. The number of carbonyl (C=O) groups excluding carboxylic acids is 1. The Morgan fingerprint density at radius 2 is 1.83 bits per heavy atom. The number of amides is 1. The number of nitrogens with zero attached hydrogens (tertiary/aromatic N) is 1. The van der Waals surface area contributed by atoms with Gasteiger partial charge in [-0.2, -0.15) is 5.10 Å². The summed E-state index contributed by atoms with van der Waals surface area (Å²) in [5.74, 6) is -0.578. The fourth-order valence-electron chi connectivity index (χ4n) is 2.24. The Bertz CT molecular complexity index is 964. The SMILES string of the molecule is C/C(=N\NC(=O)c1cc(Br)ccc1O)c1cc2cc(Br)ccc2[nH]1. The quantitative estimate of drug-likeness (QED) is 0.404. The molecular weight excluding hydrogens is 438 g/mol. The number of halogens is 2. The maximum absolute atomic E-state index is 12.2. The van der Waals surface area contributed by atoms with Crippen LogP contribution in [0.4, 0.5) is 0 Å². The van der Waals surface area contributed by atoms with Crippen molar-refractivity contribution in [3.63, 3.8) is 0 Å². The first kappa shape index (κ1) is 16.7. The van der Waals surface area contributed by atoms with Crippen LogP contribution in [-0.4, -0.2) is 21.7 Å². The monoisotopic (exact) mass is 449 g/mol. The van der Waals surface area contributed by atoms with E-state index in [1.165, 1.54) is 12.1 Å². The number of phenolic OH excluding ortho intramolecular Hbond substituents is 1. The molecule has 1 aromatic heterocycles. The van der Waals surface area contributed by atoms with Crippen molar-refractivity contribution >= 4 is 54.4 Å². The molecule has 0 saturated carbocycles. The number of phenols is 1. The zero-order chi connectivity index (χ0) is 17.3. The molecule has 1 amide bonds. The van der Waals surface area contributed by atoms with Crippen LogP contribution in [0.1, 0.15) is 23.0 Å². The average molecular weight is 451 g/mol. The molecule has 0 aliphatic rings. The third-order valence-corrected chi connectivity index (χ3v) is 4.49. The van der Waals surface area contributed by atoms with Crippen LogP contribution in [-0.2, 0) is 0 Å². The maximum Gasteiger partial charge on any atom is 0.275 e. The molecule has 1 heterocycles. The van der Waals surface area contributed by atoms with Gasteiger partial charge in [0, 0.05) is 19.8 Å². The highest BCUT2D eigenvalue weighted by molar-refractivity contribution is 9.10. The molecule has 0 aliphatic carbocycles. The summed E-state index contributed by atoms with van der Waals surface area (Å²) in [6, 6.07) is 12.5. The van der Waals surface area contributed by atoms with Gasteiger partial charge < -0.3 is 10.1 Å². The second-order valence-corrected chi connectivity index (χ2v) is 7.05. The molecule has 0 aliphatic heterocycles. The zero-order valence-electron chi connectivity index (χ0n) is 12.6. The largest absolute Gasteiger partial charge is 0.507 e. The first-order valence-electron chi connectivity index (χ1n) is 7.06. The van der Waals surface area contributed by atoms with Crippen molar-refractivity contribution in [2.45, 2.75) is 6.92 Å². The molecule has 0 bridgehead atoms. The van der Waals surface area contributed by atoms with Crippen LogP contribution < -0.4 is 5.43 Å². The molecule has 24 heavy (non-hydrogen) atoms. The minimum Gasteiger partial charge on any atom is -0.507 e. The van der Waals surface area contributed by atoms with Gasteiger partial charge in [-0.3, -0.25) is 4.79 Å². The van der Waals surface area contributed by atoms with Crippen LogP contribution in [0.15, 0.2) is 56.5 Å². The minimum atomic E-state index is -0.480. The van der Waals surface area contributed by atoms with Crippen LogP contribution >= 0.6 is 31.9 Å². The molecule has 2 aromatic carbocycles. The van der Waals surface area contributed by atoms with E-state index in [1.54, 1.807) is 13.0 Å². The average Bonchev–Trinajstić information content (AvgIpc) is 2.97. The molecule has 0 atom stereocenters. The van der Waals surface area contributed by atoms with Gasteiger partial charge in [0.05, 0.1) is 17.0 Å². The van der Waals surface area contributed by atoms with E-state index in [-0.39, 0.29) is 11.3 Å². The van der Waals surface area contributed by atoms with Crippen molar-refractivity contribution in [2.75, 3.05) is 0 Å². The Kier molecular flexibility index (Phi) is 4.73. The number of H-pyrrole nitrogens is 1. The number of aromatic hydroxyl groups is 1. The van der Waals surface area contributed by atoms with Crippen molar-refractivity contribution in [3.05, 3.63) is 62.7 Å². The molecule has 0 saturated heterocycles. The molecule has 7 heteroatoms. The number of rotatable bonds is 3. The first-order chi connectivity index (χ1) is 11.4. The standard InChI is InChI=1S/C17H13Br2N3O2/c1-9(15-7-10-6-11(18)2-4-14(10)20-15)21-22-17(24)13-8-12(19)3-5-16(13)23/h2-8,20,23H,1H3,(H,22,24)/b21-9+. The number of nitrogens with one attached hydrogen (secondary N) is 2. The summed E-state index contributed by atoms with van der Waals surface area (Å²) in [5.41, 5.74) is 5.04. The van der Waals surface area contributed by atoms with E-state index < -0.39 is 5.91 Å². The highest BCUT2D eigenvalue weighted by Crippen LogP contribution is 2.22. The molecule has 3 aromatic rings. The Morgan fingerprint density at radius 1 is 1.12 bits per heavy atom. The normalized spacial score (nSPS) is 11.7. The summed E-state index contributed by atoms with van der Waals surface area (Å²) in [7, 11) is 0. The lowest BCUT2D eigenvalue weighted by Gasteiger charge is -2.04. The van der Waals surface area contributed by atoms with E-state index in [0.717, 1.165) is 21.1 Å². The van der Waals surface area contributed by atoms with Crippen LogP contribution in [0, 0.1) is 0 Å². The molecule has 0 fully saturated rings. The lowest BCUT2D eigenvalue weighted by atomic mass is 10.2. The minimum absolute atomic E-state index is 0.0981. The predicted octanol–water partition coefficient (Wildman–Crippen LogP) is 4.55. The number of hydrogen-bond donors (Lipinski definition) is 3. The van der Waals surface area contributed by atoms with Crippen molar-refractivity contribution in [1.82, 2.24) is 10.4 Å². The van der Waals surface area contributed by atoms with Crippen LogP contribution in [0.5, 0.6) is 5.75 Å². The molecule has 3 rings (SSSR count). The van der Waals surface area contributed by atoms with Gasteiger partial charge in [-0.15, -0.1) is 0 Å². The first-order valence-corrected chi connectivity index (χ1v) is 8.64. The van der Waals surface area contributed by atoms with Crippen molar-refractivity contribution in [3.8, 4) is 5.75 Å². The highest BCUT2D eigenvalue weighted by Gasteiger charge is 2.11. The molecule has 0 spiro atoms. The van der Waals surface area contributed by atoms with E-state index in [1.807, 2.05) is 24.3 Å². The number of carbonyl (C=O) groups is 1. The number of hydrogen-bond acceptors (Lipinski definition) is 3. The number of fused-ring (bicyclic) bond motifs is 1. The molecular formula is C17H13Br2N3O2. The van der Waals surface area contributed by atoms with Gasteiger partial charge in [0.15, 0.2) is 0 Å². The van der Waals surface area contributed by atoms with Gasteiger partial charge in [0.1, 0.15) is 5.75 Å². The smallest absolute Gasteiger partial charge is 0.275 e. The second kappa shape index (κ2) is 6.78. The van der Waals surface area contributed by atoms with Gasteiger partial charge >= 0.3 is 0 Å². The van der Waals surface area contributed by atoms with E-state index in [9.17, 15) is 9.90 Å². The van der Waals surface area contributed by atoms with Gasteiger partial charge in [0.25, 0.3) is 5.91 Å². The van der Waals surface area contributed by atoms with E-state index in [4.69, 9.17) is 0 Å². The van der Waals surface area contributed by atoms with E-state index in [0.29, 0.717) is 10.2 Å². The summed E-state index contributed by atoms with van der Waals surface area (Å²) in [4.78, 5) is 15.4. The van der Waals surface area contributed by atoms with Gasteiger partial charge in [0.2, 0.25) is 0 Å². The fourth-order valence-corrected chi connectivity index (χ4v) is 2.98. The van der Waals surface area contributed by atoms with Gasteiger partial charge in [-0.1, -0.05) is 31.9 Å². The number of benzene rings is 2. The van der Waals surface area contributed by atoms with Crippen LogP contribution in [0.3, 0.4) is 0 Å². The van der Waals surface area contributed by atoms with Gasteiger partial charge in [-0.05, 0) is 49.4 Å². The van der Waals surface area contributed by atoms with E-state index >= 15 is 0 Å². The molecule has 5 nitrogen and oxygen atoms in total. The summed E-state index contributed by atoms with van der Waals surface area (Å²) in [6.07, 6.45) is 0. The number of aromatic amines is 1. The molecule has 0 unspecified atom stereocenters. The maximum atomic E-state index is 12.2. The molecule has 0 radical (unpaired) electrons. The summed E-state index contributed by atoms with van der Waals surface area (Å²) < 4.78 is 1.70. The Labute approximate surface area is 155 Å². The van der Waals surface area contributed by atoms with Crippen molar-refractivity contribution in [2.24, 2.45) is 5.10 Å². The van der Waals surface area contributed by atoms with Crippen LogP contribution in [0.2, 0.25) is 0 Å². The Balaban J connectivity index is 1.82. The van der Waals surface area contributed by atoms with Gasteiger partial charge in [-0.25, -0.2) is 5.43 Å². The Hall–Kier alpha value is -2.12. The summed E-state index contributed by atoms with van der Waals surface area (Å²) in [6.45, 7) is 1.79. The molecule has 122 valence electrons. The third-order valence-electron chi connectivity index (χ3n) is 3.50. The predicted molar refractivity (Wildman–Crippen MR) is 101 cm³/mol. The van der Waals surface area contributed by atoms with Crippen LogP contribution in [0.25, 0.3) is 10.9 Å². The topological polar surface area (TPSA) is 77.5 Å². The lowest BCUT2D eigenvalue weighted by Crippen LogP contribution is -2.19. The van der Waals surface area contributed by atoms with Crippen molar-refractivity contribution in [1.29, 1.82) is 0 Å². The highest BCUT2D eigenvalue weighted by atomic mass is 79.9. The summed E-state index contributed by atoms with van der Waals surface area (Å²) in [5, 5.41) is 14.9. The number of aromatic nitrogens is 1. The van der Waals surface area contributed by atoms with Crippen molar-refractivity contribution < 1.29 is 9.90 Å². The lowest BCUT2D eigenvalue weighted by molar-refractivity contribution is 0.0952. The zero-order valence-corrected chi connectivity index (χ0v) is 15.8. The fraction of sp³-hybridized carbons (Fsp3) is 0.0588. The molecule has 3 N–H and O–H groups in total. The Morgan fingerprint density at radius 3 is 2.62 bits per heavy atom. The van der Waals surface area contributed by atoms with E-state index in [2.05, 4.69) is 47.4 Å².